The van der Waals surface area contributed by atoms with Crippen molar-refractivity contribution in [3.63, 3.8) is 0 Å². The average molecular weight is 365 g/mol. The Morgan fingerprint density at radius 3 is 2.35 bits per heavy atom. The molecule has 1 heterocycles. The van der Waals surface area contributed by atoms with Crippen LogP contribution in [0, 0.1) is 18.3 Å². The van der Waals surface area contributed by atoms with E-state index in [0.717, 1.165) is 0 Å². The molecule has 1 aromatic rings. The van der Waals surface area contributed by atoms with Crippen molar-refractivity contribution in [3.05, 3.63) is 23.0 Å². The van der Waals surface area contributed by atoms with Crippen LogP contribution in [0.4, 0.5) is 0 Å². The van der Waals surface area contributed by atoms with Gasteiger partial charge in [0.05, 0.1) is 12.2 Å². The number of hydrogen-bond acceptors (Lipinski definition) is 4. The van der Waals surface area contributed by atoms with Gasteiger partial charge in [-0.2, -0.15) is 0 Å². The largest absolute Gasteiger partial charge is 0.461 e. The Morgan fingerprint density at radius 2 is 1.77 bits per heavy atom. The highest BCUT2D eigenvalue weighted by atomic mass is 16.5. The van der Waals surface area contributed by atoms with E-state index in [1.807, 2.05) is 34.6 Å². The fourth-order valence-electron chi connectivity index (χ4n) is 2.10. The van der Waals surface area contributed by atoms with Crippen LogP contribution < -0.4 is 10.6 Å². The Labute approximate surface area is 155 Å². The monoisotopic (exact) mass is 365 g/mol. The third-order valence-electron chi connectivity index (χ3n) is 3.69. The summed E-state index contributed by atoms with van der Waals surface area (Å²) in [4.78, 5) is 38.7. The van der Waals surface area contributed by atoms with Gasteiger partial charge in [-0.1, -0.05) is 34.6 Å². The summed E-state index contributed by atoms with van der Waals surface area (Å²) >= 11 is 0. The summed E-state index contributed by atoms with van der Waals surface area (Å²) in [6.07, 6.45) is 2.13. The third kappa shape index (κ3) is 6.90. The lowest BCUT2D eigenvalue weighted by Gasteiger charge is -2.17. The van der Waals surface area contributed by atoms with E-state index < -0.39 is 5.97 Å². The highest BCUT2D eigenvalue weighted by Gasteiger charge is 2.21. The number of aromatic nitrogens is 1. The summed E-state index contributed by atoms with van der Waals surface area (Å²) in [5.41, 5.74) is 1.16. The lowest BCUT2D eigenvalue weighted by atomic mass is 9.99. The Balaban J connectivity index is 2.49. The average Bonchev–Trinajstić information content (AvgIpc) is 2.92. The second-order valence-corrected chi connectivity index (χ2v) is 7.89. The zero-order chi connectivity index (χ0) is 19.9. The van der Waals surface area contributed by atoms with Crippen LogP contribution in [0.5, 0.6) is 0 Å². The maximum absolute atomic E-state index is 12.2. The molecule has 1 rings (SSSR count). The van der Waals surface area contributed by atoms with Crippen molar-refractivity contribution in [1.82, 2.24) is 15.6 Å². The molecule has 0 spiro atoms. The highest BCUT2D eigenvalue weighted by molar-refractivity contribution is 5.99. The number of amides is 2. The van der Waals surface area contributed by atoms with Crippen molar-refractivity contribution in [2.75, 3.05) is 19.7 Å². The molecule has 0 aromatic carbocycles. The van der Waals surface area contributed by atoms with Crippen molar-refractivity contribution in [1.29, 1.82) is 0 Å². The SMILES string of the molecule is Cc1c(C(=O)OCC(C)(C)C)c[nH]c1C(=O)NCCCNC(=O)C(C)C. The van der Waals surface area contributed by atoms with Gasteiger partial charge in [0.2, 0.25) is 5.91 Å². The summed E-state index contributed by atoms with van der Waals surface area (Å²) in [6.45, 7) is 12.5. The maximum Gasteiger partial charge on any atom is 0.339 e. The number of carbonyl (C=O) groups excluding carboxylic acids is 3. The fraction of sp³-hybridized carbons (Fsp3) is 0.632. The molecule has 0 saturated heterocycles. The van der Waals surface area contributed by atoms with E-state index in [0.29, 0.717) is 42.9 Å². The molecule has 1 aromatic heterocycles. The van der Waals surface area contributed by atoms with Crippen LogP contribution in [0.2, 0.25) is 0 Å². The van der Waals surface area contributed by atoms with Crippen molar-refractivity contribution in [2.24, 2.45) is 11.3 Å². The maximum atomic E-state index is 12.2. The van der Waals surface area contributed by atoms with Crippen molar-refractivity contribution in [3.8, 4) is 0 Å². The normalized spacial score (nSPS) is 11.3. The first-order valence-electron chi connectivity index (χ1n) is 8.94. The van der Waals surface area contributed by atoms with Gasteiger partial charge in [-0.3, -0.25) is 9.59 Å². The van der Waals surface area contributed by atoms with Gasteiger partial charge in [0.25, 0.3) is 5.91 Å². The van der Waals surface area contributed by atoms with E-state index in [4.69, 9.17) is 4.74 Å². The van der Waals surface area contributed by atoms with Crippen LogP contribution in [0.1, 0.15) is 67.4 Å². The molecule has 7 nitrogen and oxygen atoms in total. The molecule has 0 unspecified atom stereocenters. The highest BCUT2D eigenvalue weighted by Crippen LogP contribution is 2.17. The molecule has 0 radical (unpaired) electrons. The molecular formula is C19H31N3O4. The zero-order valence-corrected chi connectivity index (χ0v) is 16.6. The summed E-state index contributed by atoms with van der Waals surface area (Å²) in [5.74, 6) is -0.783. The second-order valence-electron chi connectivity index (χ2n) is 7.89. The molecule has 0 fully saturated rings. The third-order valence-corrected chi connectivity index (χ3v) is 3.69. The van der Waals surface area contributed by atoms with E-state index in [1.54, 1.807) is 6.92 Å². The summed E-state index contributed by atoms with van der Waals surface area (Å²) < 4.78 is 5.29. The van der Waals surface area contributed by atoms with Gasteiger partial charge in [0.1, 0.15) is 5.69 Å². The van der Waals surface area contributed by atoms with Crippen LogP contribution in [-0.4, -0.2) is 42.5 Å². The van der Waals surface area contributed by atoms with E-state index >= 15 is 0 Å². The Kier molecular flexibility index (Phi) is 7.86. The van der Waals surface area contributed by atoms with Gasteiger partial charge in [-0.25, -0.2) is 4.79 Å². The Morgan fingerprint density at radius 1 is 1.15 bits per heavy atom. The number of nitrogens with one attached hydrogen (secondary N) is 3. The lowest BCUT2D eigenvalue weighted by molar-refractivity contribution is -0.123. The number of aromatic amines is 1. The van der Waals surface area contributed by atoms with Crippen molar-refractivity contribution < 1.29 is 19.1 Å². The molecule has 0 bridgehead atoms. The zero-order valence-electron chi connectivity index (χ0n) is 16.6. The minimum absolute atomic E-state index is 0.00468. The summed E-state index contributed by atoms with van der Waals surface area (Å²) in [6, 6.07) is 0. The molecular weight excluding hydrogens is 334 g/mol. The van der Waals surface area contributed by atoms with Crippen LogP contribution in [0.25, 0.3) is 0 Å². The summed E-state index contributed by atoms with van der Waals surface area (Å²) in [5, 5.41) is 5.57. The number of ether oxygens (including phenoxy) is 1. The number of esters is 1. The molecule has 0 atom stereocenters. The molecule has 146 valence electrons. The lowest BCUT2D eigenvalue weighted by Crippen LogP contribution is -2.32. The second kappa shape index (κ2) is 9.40. The fourth-order valence-corrected chi connectivity index (χ4v) is 2.10. The minimum Gasteiger partial charge on any atom is -0.461 e. The minimum atomic E-state index is -0.441. The first-order valence-corrected chi connectivity index (χ1v) is 8.94. The first kappa shape index (κ1) is 21.7. The molecule has 0 aliphatic heterocycles. The number of carbonyl (C=O) groups is 3. The predicted octanol–water partition coefficient (Wildman–Crippen LogP) is 2.42. The van der Waals surface area contributed by atoms with Crippen LogP contribution in [-0.2, 0) is 9.53 Å². The van der Waals surface area contributed by atoms with Gasteiger partial charge in [-0.05, 0) is 24.3 Å². The number of rotatable bonds is 8. The molecule has 7 heteroatoms. The number of H-pyrrole nitrogens is 1. The van der Waals surface area contributed by atoms with Crippen molar-refractivity contribution >= 4 is 17.8 Å². The van der Waals surface area contributed by atoms with E-state index in [-0.39, 0.29) is 23.1 Å². The molecule has 3 N–H and O–H groups in total. The van der Waals surface area contributed by atoms with Gasteiger partial charge in [0, 0.05) is 25.2 Å². The van der Waals surface area contributed by atoms with Gasteiger partial charge in [-0.15, -0.1) is 0 Å². The summed E-state index contributed by atoms with van der Waals surface area (Å²) in [7, 11) is 0. The van der Waals surface area contributed by atoms with Crippen molar-refractivity contribution in [2.45, 2.75) is 48.0 Å². The van der Waals surface area contributed by atoms with Gasteiger partial charge < -0.3 is 20.4 Å². The van der Waals surface area contributed by atoms with E-state index in [9.17, 15) is 14.4 Å². The van der Waals surface area contributed by atoms with Crippen LogP contribution in [0.3, 0.4) is 0 Å². The molecule has 2 amide bonds. The number of hydrogen-bond donors (Lipinski definition) is 3. The Bertz CT molecular complexity index is 642. The topological polar surface area (TPSA) is 100 Å². The molecule has 0 aliphatic carbocycles. The first-order chi connectivity index (χ1) is 12.0. The smallest absolute Gasteiger partial charge is 0.339 e. The standard InChI is InChI=1S/C19H31N3O4/c1-12(2)16(23)20-8-7-9-21-17(24)15-13(3)14(10-22-15)18(25)26-11-19(4,5)6/h10,12,22H,7-9,11H2,1-6H3,(H,20,23)(H,21,24). The Hall–Kier alpha value is -2.31. The van der Waals surface area contributed by atoms with E-state index in [1.165, 1.54) is 6.20 Å². The molecule has 0 aliphatic rings. The molecule has 26 heavy (non-hydrogen) atoms. The predicted molar refractivity (Wildman–Crippen MR) is 100 cm³/mol. The van der Waals surface area contributed by atoms with Gasteiger partial charge >= 0.3 is 5.97 Å². The van der Waals surface area contributed by atoms with Crippen LogP contribution in [0.15, 0.2) is 6.20 Å². The quantitative estimate of drug-likeness (QED) is 0.486. The van der Waals surface area contributed by atoms with Gasteiger partial charge in [0.15, 0.2) is 0 Å². The molecule has 0 saturated carbocycles. The van der Waals surface area contributed by atoms with E-state index in [2.05, 4.69) is 15.6 Å². The van der Waals surface area contributed by atoms with Crippen LogP contribution >= 0.6 is 0 Å².